The van der Waals surface area contributed by atoms with Crippen LogP contribution in [-0.2, 0) is 9.53 Å². The Morgan fingerprint density at radius 3 is 2.52 bits per heavy atom. The Balaban J connectivity index is 1.87. The molecule has 0 bridgehead atoms. The number of carbonyl (C=O) groups excluding carboxylic acids is 3. The van der Waals surface area contributed by atoms with Gasteiger partial charge in [0.1, 0.15) is 12.0 Å². The molecular weight excluding hydrogens is 298 g/mol. The number of hydrogen-bond donors (Lipinski definition) is 1. The van der Waals surface area contributed by atoms with E-state index < -0.39 is 18.5 Å². The Morgan fingerprint density at radius 2 is 1.87 bits per heavy atom. The normalized spacial score (nSPS) is 9.78. The van der Waals surface area contributed by atoms with Crippen LogP contribution in [0.25, 0.3) is 0 Å². The molecule has 0 heterocycles. The highest BCUT2D eigenvalue weighted by Crippen LogP contribution is 2.16. The van der Waals surface area contributed by atoms with E-state index >= 15 is 0 Å². The molecule has 0 radical (unpaired) electrons. The topological polar surface area (TPSA) is 81.7 Å². The maximum Gasteiger partial charge on any atom is 0.338 e. The fourth-order valence-corrected chi connectivity index (χ4v) is 1.81. The summed E-state index contributed by atoms with van der Waals surface area (Å²) in [6.45, 7) is -0.411. The Bertz CT molecular complexity index is 709. The third-order valence-corrected chi connectivity index (χ3v) is 2.97. The van der Waals surface area contributed by atoms with Crippen LogP contribution in [0.15, 0.2) is 48.5 Å². The average Bonchev–Trinajstić information content (AvgIpc) is 2.60. The second-order valence-electron chi connectivity index (χ2n) is 4.60. The lowest BCUT2D eigenvalue weighted by molar-refractivity contribution is -0.119. The highest BCUT2D eigenvalue weighted by Gasteiger charge is 2.10. The Hall–Kier alpha value is -3.15. The van der Waals surface area contributed by atoms with Gasteiger partial charge in [-0.2, -0.15) is 0 Å². The summed E-state index contributed by atoms with van der Waals surface area (Å²) in [5.74, 6) is -0.491. The van der Waals surface area contributed by atoms with Crippen molar-refractivity contribution >= 4 is 23.9 Å². The third kappa shape index (κ3) is 4.67. The number of rotatable bonds is 6. The number of ether oxygens (including phenoxy) is 2. The molecule has 0 spiro atoms. The summed E-state index contributed by atoms with van der Waals surface area (Å²) >= 11 is 0. The number of anilines is 1. The summed E-state index contributed by atoms with van der Waals surface area (Å²) < 4.78 is 9.97. The summed E-state index contributed by atoms with van der Waals surface area (Å²) in [5.41, 5.74) is 1.27. The summed E-state index contributed by atoms with van der Waals surface area (Å²) in [6.07, 6.45) is 0.677. The number of esters is 1. The zero-order valence-electron chi connectivity index (χ0n) is 12.4. The lowest BCUT2D eigenvalue weighted by Gasteiger charge is -2.08. The summed E-state index contributed by atoms with van der Waals surface area (Å²) in [4.78, 5) is 34.1. The van der Waals surface area contributed by atoms with E-state index in [0.29, 0.717) is 23.3 Å². The van der Waals surface area contributed by atoms with Crippen molar-refractivity contribution in [2.45, 2.75) is 0 Å². The molecule has 1 amide bonds. The van der Waals surface area contributed by atoms with Crippen molar-refractivity contribution in [3.05, 3.63) is 59.7 Å². The van der Waals surface area contributed by atoms with E-state index in [1.807, 2.05) is 0 Å². The van der Waals surface area contributed by atoms with E-state index in [4.69, 9.17) is 9.47 Å². The minimum Gasteiger partial charge on any atom is -0.497 e. The van der Waals surface area contributed by atoms with Crippen LogP contribution in [0, 0.1) is 0 Å². The minimum absolute atomic E-state index is 0.268. The van der Waals surface area contributed by atoms with Gasteiger partial charge in [0.15, 0.2) is 6.61 Å². The molecule has 0 atom stereocenters. The fraction of sp³-hybridized carbons (Fsp3) is 0.118. The van der Waals surface area contributed by atoms with Crippen molar-refractivity contribution < 1.29 is 23.9 Å². The van der Waals surface area contributed by atoms with Gasteiger partial charge in [-0.1, -0.05) is 18.2 Å². The number of carbonyl (C=O) groups is 3. The third-order valence-electron chi connectivity index (χ3n) is 2.97. The molecule has 0 aromatic heterocycles. The van der Waals surface area contributed by atoms with Crippen molar-refractivity contribution in [1.29, 1.82) is 0 Å². The average molecular weight is 313 g/mol. The first-order valence-corrected chi connectivity index (χ1v) is 6.78. The Kier molecular flexibility index (Phi) is 5.46. The number of hydrogen-bond acceptors (Lipinski definition) is 5. The molecule has 2 rings (SSSR count). The molecule has 6 nitrogen and oxygen atoms in total. The molecule has 23 heavy (non-hydrogen) atoms. The van der Waals surface area contributed by atoms with Crippen LogP contribution in [-0.4, -0.2) is 31.9 Å². The van der Waals surface area contributed by atoms with E-state index in [-0.39, 0.29) is 5.56 Å². The highest BCUT2D eigenvalue weighted by molar-refractivity contribution is 5.95. The summed E-state index contributed by atoms with van der Waals surface area (Å²) in [7, 11) is 1.53. The molecule has 0 unspecified atom stereocenters. The van der Waals surface area contributed by atoms with Crippen LogP contribution in [0.5, 0.6) is 5.75 Å². The van der Waals surface area contributed by atoms with Gasteiger partial charge in [0, 0.05) is 17.3 Å². The molecule has 0 saturated carbocycles. The Morgan fingerprint density at radius 1 is 1.13 bits per heavy atom. The van der Waals surface area contributed by atoms with Crippen molar-refractivity contribution in [3.63, 3.8) is 0 Å². The van der Waals surface area contributed by atoms with Crippen molar-refractivity contribution in [1.82, 2.24) is 0 Å². The van der Waals surface area contributed by atoms with E-state index in [2.05, 4.69) is 5.32 Å². The SMILES string of the molecule is COc1cccc(NC(=O)COC(=O)c2ccc(C=O)cc2)c1. The second kappa shape index (κ2) is 7.74. The molecule has 6 heteroatoms. The maximum atomic E-state index is 11.8. The van der Waals surface area contributed by atoms with Crippen molar-refractivity contribution in [2.24, 2.45) is 0 Å². The van der Waals surface area contributed by atoms with Crippen LogP contribution in [0.2, 0.25) is 0 Å². The first-order valence-electron chi connectivity index (χ1n) is 6.78. The number of methoxy groups -OCH3 is 1. The van der Waals surface area contributed by atoms with Gasteiger partial charge in [-0.05, 0) is 24.3 Å². The molecule has 0 aliphatic rings. The van der Waals surface area contributed by atoms with E-state index in [0.717, 1.165) is 0 Å². The number of benzene rings is 2. The molecule has 2 aromatic rings. The van der Waals surface area contributed by atoms with E-state index in [1.54, 1.807) is 24.3 Å². The number of amides is 1. The van der Waals surface area contributed by atoms with Gasteiger partial charge in [-0.3, -0.25) is 9.59 Å². The maximum absolute atomic E-state index is 11.8. The van der Waals surface area contributed by atoms with Gasteiger partial charge in [0.25, 0.3) is 5.91 Å². The summed E-state index contributed by atoms with van der Waals surface area (Å²) in [6, 6.07) is 12.8. The predicted octanol–water partition coefficient (Wildman–Crippen LogP) is 2.30. The zero-order chi connectivity index (χ0) is 16.7. The van der Waals surface area contributed by atoms with Crippen molar-refractivity contribution in [3.8, 4) is 5.75 Å². The van der Waals surface area contributed by atoms with Crippen molar-refractivity contribution in [2.75, 3.05) is 19.0 Å². The fourth-order valence-electron chi connectivity index (χ4n) is 1.81. The molecule has 0 aliphatic carbocycles. The van der Waals surface area contributed by atoms with Gasteiger partial charge in [0.05, 0.1) is 12.7 Å². The molecule has 1 N–H and O–H groups in total. The molecule has 2 aromatic carbocycles. The molecule has 0 aliphatic heterocycles. The van der Waals surface area contributed by atoms with Gasteiger partial charge in [0.2, 0.25) is 0 Å². The zero-order valence-corrected chi connectivity index (χ0v) is 12.4. The van der Waals surface area contributed by atoms with E-state index in [1.165, 1.54) is 31.4 Å². The van der Waals surface area contributed by atoms with Gasteiger partial charge < -0.3 is 14.8 Å². The standard InChI is InChI=1S/C17H15NO5/c1-22-15-4-2-3-14(9-15)18-16(20)11-23-17(21)13-7-5-12(10-19)6-8-13/h2-10H,11H2,1H3,(H,18,20). The van der Waals surface area contributed by atoms with Gasteiger partial charge >= 0.3 is 5.97 Å². The largest absolute Gasteiger partial charge is 0.497 e. The number of aldehydes is 1. The lowest BCUT2D eigenvalue weighted by atomic mass is 10.1. The quantitative estimate of drug-likeness (QED) is 0.653. The predicted molar refractivity (Wildman–Crippen MR) is 83.7 cm³/mol. The molecule has 0 fully saturated rings. The second-order valence-corrected chi connectivity index (χ2v) is 4.60. The van der Waals surface area contributed by atoms with Crippen LogP contribution in [0.1, 0.15) is 20.7 Å². The smallest absolute Gasteiger partial charge is 0.338 e. The molecule has 0 saturated heterocycles. The lowest BCUT2D eigenvalue weighted by Crippen LogP contribution is -2.20. The minimum atomic E-state index is -0.636. The molecule has 118 valence electrons. The molecular formula is C17H15NO5. The van der Waals surface area contributed by atoms with Crippen LogP contribution in [0.3, 0.4) is 0 Å². The number of nitrogens with one attached hydrogen (secondary N) is 1. The first kappa shape index (κ1) is 16.2. The van der Waals surface area contributed by atoms with Gasteiger partial charge in [-0.15, -0.1) is 0 Å². The highest BCUT2D eigenvalue weighted by atomic mass is 16.5. The Labute approximate surface area is 133 Å². The van der Waals surface area contributed by atoms with Crippen LogP contribution >= 0.6 is 0 Å². The van der Waals surface area contributed by atoms with E-state index in [9.17, 15) is 14.4 Å². The first-order chi connectivity index (χ1) is 11.1. The van der Waals surface area contributed by atoms with Crippen LogP contribution in [0.4, 0.5) is 5.69 Å². The summed E-state index contributed by atoms with van der Waals surface area (Å²) in [5, 5.41) is 2.60. The van der Waals surface area contributed by atoms with Crippen LogP contribution < -0.4 is 10.1 Å². The monoisotopic (exact) mass is 313 g/mol. The van der Waals surface area contributed by atoms with Gasteiger partial charge in [-0.25, -0.2) is 4.79 Å².